The van der Waals surface area contributed by atoms with Crippen molar-refractivity contribution in [3.8, 4) is 5.75 Å². The quantitative estimate of drug-likeness (QED) is 0.640. The monoisotopic (exact) mass is 432 g/mol. The van der Waals surface area contributed by atoms with Gasteiger partial charge < -0.3 is 14.8 Å². The van der Waals surface area contributed by atoms with Gasteiger partial charge in [0, 0.05) is 42.2 Å². The number of nitrogens with one attached hydrogen (secondary N) is 1. The number of para-hydroxylation sites is 1. The second-order valence-corrected chi connectivity index (χ2v) is 8.04. The fourth-order valence-electron chi connectivity index (χ4n) is 2.92. The normalized spacial score (nSPS) is 14.8. The Hall–Kier alpha value is -1.99. The van der Waals surface area contributed by atoms with Crippen LogP contribution < -0.4 is 10.1 Å². The maximum atomic E-state index is 12.0. The van der Waals surface area contributed by atoms with Crippen molar-refractivity contribution in [3.05, 3.63) is 59.1 Å². The fraction of sp³-hybridized carbons (Fsp3) is 0.318. The van der Waals surface area contributed by atoms with Gasteiger partial charge in [0.05, 0.1) is 25.2 Å². The van der Waals surface area contributed by atoms with Gasteiger partial charge in [0.2, 0.25) is 5.91 Å². The Morgan fingerprint density at radius 3 is 2.83 bits per heavy atom. The third-order valence-corrected chi connectivity index (χ3v) is 5.89. The lowest BCUT2D eigenvalue weighted by Gasteiger charge is -2.26. The van der Waals surface area contributed by atoms with Crippen molar-refractivity contribution in [2.75, 3.05) is 46.5 Å². The zero-order valence-corrected chi connectivity index (χ0v) is 18.0. The van der Waals surface area contributed by atoms with Crippen molar-refractivity contribution < 1.29 is 14.3 Å². The summed E-state index contributed by atoms with van der Waals surface area (Å²) in [6.07, 6.45) is 3.26. The molecule has 0 aliphatic carbocycles. The highest BCUT2D eigenvalue weighted by atomic mass is 35.5. The van der Waals surface area contributed by atoms with Gasteiger partial charge in [-0.3, -0.25) is 9.69 Å². The number of hydrogen-bond donors (Lipinski definition) is 1. The molecular weight excluding hydrogens is 408 g/mol. The zero-order valence-electron chi connectivity index (χ0n) is 16.4. The van der Waals surface area contributed by atoms with Crippen molar-refractivity contribution in [2.45, 2.75) is 9.79 Å². The molecule has 5 nitrogen and oxygen atoms in total. The maximum Gasteiger partial charge on any atom is 0.244 e. The van der Waals surface area contributed by atoms with Gasteiger partial charge in [0.25, 0.3) is 0 Å². The summed E-state index contributed by atoms with van der Waals surface area (Å²) < 4.78 is 10.7. The van der Waals surface area contributed by atoms with Gasteiger partial charge in [-0.2, -0.15) is 0 Å². The molecule has 1 N–H and O–H groups in total. The summed E-state index contributed by atoms with van der Waals surface area (Å²) in [6.45, 7) is 4.81. The number of carbonyl (C=O) groups is 1. The minimum absolute atomic E-state index is 0.123. The Morgan fingerprint density at radius 1 is 1.28 bits per heavy atom. The lowest BCUT2D eigenvalue weighted by molar-refractivity contribution is -0.116. The van der Waals surface area contributed by atoms with Crippen LogP contribution in [0, 0.1) is 0 Å². The SMILES string of the molecule is COc1ccccc1Sc1ccc(C=CC(=O)NCCN2CCOCC2)c(Cl)c1. The van der Waals surface area contributed by atoms with Crippen LogP contribution in [0.25, 0.3) is 6.08 Å². The summed E-state index contributed by atoms with van der Waals surface area (Å²) in [4.78, 5) is 16.4. The van der Waals surface area contributed by atoms with Crippen LogP contribution in [-0.4, -0.2) is 57.3 Å². The number of halogens is 1. The summed E-state index contributed by atoms with van der Waals surface area (Å²) in [5, 5.41) is 3.51. The molecule has 0 aromatic heterocycles. The number of amides is 1. The van der Waals surface area contributed by atoms with E-state index in [-0.39, 0.29) is 5.91 Å². The molecule has 1 fully saturated rings. The molecule has 0 saturated carbocycles. The molecule has 1 saturated heterocycles. The lowest BCUT2D eigenvalue weighted by Crippen LogP contribution is -2.41. The van der Waals surface area contributed by atoms with Gasteiger partial charge in [-0.1, -0.05) is 41.6 Å². The Labute approximate surface area is 181 Å². The third kappa shape index (κ3) is 6.78. The first kappa shape index (κ1) is 21.7. The van der Waals surface area contributed by atoms with E-state index in [1.165, 1.54) is 6.08 Å². The standard InChI is InChI=1S/C22H25ClN2O3S/c1-27-20-4-2-3-5-21(20)29-18-8-6-17(19(23)16-18)7-9-22(26)24-10-11-25-12-14-28-15-13-25/h2-9,16H,10-15H2,1H3,(H,24,26). The van der Waals surface area contributed by atoms with Gasteiger partial charge in [-0.25, -0.2) is 0 Å². The molecule has 7 heteroatoms. The number of carbonyl (C=O) groups excluding carboxylic acids is 1. The molecule has 2 aromatic carbocycles. The van der Waals surface area contributed by atoms with Crippen LogP contribution in [-0.2, 0) is 9.53 Å². The summed E-state index contributed by atoms with van der Waals surface area (Å²) in [5.41, 5.74) is 0.805. The molecule has 0 radical (unpaired) electrons. The molecule has 0 bridgehead atoms. The van der Waals surface area contributed by atoms with E-state index in [1.807, 2.05) is 42.5 Å². The first-order valence-electron chi connectivity index (χ1n) is 9.52. The number of benzene rings is 2. The predicted molar refractivity (Wildman–Crippen MR) is 118 cm³/mol. The summed E-state index contributed by atoms with van der Waals surface area (Å²) >= 11 is 8.00. The van der Waals surface area contributed by atoms with E-state index < -0.39 is 0 Å². The van der Waals surface area contributed by atoms with Crippen molar-refractivity contribution in [3.63, 3.8) is 0 Å². The highest BCUT2D eigenvalue weighted by molar-refractivity contribution is 7.99. The van der Waals surface area contributed by atoms with Crippen LogP contribution in [0.15, 0.2) is 58.3 Å². The minimum Gasteiger partial charge on any atom is -0.496 e. The minimum atomic E-state index is -0.123. The number of morpholine rings is 1. The van der Waals surface area contributed by atoms with E-state index in [9.17, 15) is 4.79 Å². The van der Waals surface area contributed by atoms with Gasteiger partial charge in [0.15, 0.2) is 0 Å². The van der Waals surface area contributed by atoms with Gasteiger partial charge >= 0.3 is 0 Å². The zero-order chi connectivity index (χ0) is 20.5. The highest BCUT2D eigenvalue weighted by Gasteiger charge is 2.10. The van der Waals surface area contributed by atoms with E-state index in [2.05, 4.69) is 10.2 Å². The molecule has 3 rings (SSSR count). The largest absolute Gasteiger partial charge is 0.496 e. The molecule has 0 atom stereocenters. The molecule has 1 aliphatic rings. The second-order valence-electron chi connectivity index (χ2n) is 6.51. The maximum absolute atomic E-state index is 12.0. The van der Waals surface area contributed by atoms with Crippen molar-refractivity contribution >= 4 is 35.3 Å². The van der Waals surface area contributed by atoms with E-state index in [0.29, 0.717) is 11.6 Å². The number of nitrogens with zero attached hydrogens (tertiary/aromatic N) is 1. The summed E-state index contributed by atoms with van der Waals surface area (Å²) in [7, 11) is 1.66. The van der Waals surface area contributed by atoms with Crippen LogP contribution in [0.1, 0.15) is 5.56 Å². The first-order valence-corrected chi connectivity index (χ1v) is 10.7. The molecule has 1 heterocycles. The van der Waals surface area contributed by atoms with Crippen LogP contribution >= 0.6 is 23.4 Å². The van der Waals surface area contributed by atoms with Crippen LogP contribution in [0.3, 0.4) is 0 Å². The van der Waals surface area contributed by atoms with Gasteiger partial charge in [-0.05, 0) is 35.9 Å². The third-order valence-electron chi connectivity index (χ3n) is 4.51. The number of methoxy groups -OCH3 is 1. The van der Waals surface area contributed by atoms with Crippen LogP contribution in [0.4, 0.5) is 0 Å². The van der Waals surface area contributed by atoms with Gasteiger partial charge in [0.1, 0.15) is 5.75 Å². The average Bonchev–Trinajstić information content (AvgIpc) is 2.74. The number of ether oxygens (including phenoxy) is 2. The lowest BCUT2D eigenvalue weighted by atomic mass is 10.2. The van der Waals surface area contributed by atoms with E-state index >= 15 is 0 Å². The van der Waals surface area contributed by atoms with E-state index in [4.69, 9.17) is 21.1 Å². The van der Waals surface area contributed by atoms with E-state index in [0.717, 1.165) is 54.0 Å². The van der Waals surface area contributed by atoms with Crippen molar-refractivity contribution in [2.24, 2.45) is 0 Å². The molecule has 2 aromatic rings. The molecule has 29 heavy (non-hydrogen) atoms. The molecule has 0 spiro atoms. The molecule has 0 unspecified atom stereocenters. The molecule has 1 aliphatic heterocycles. The first-order chi connectivity index (χ1) is 14.2. The summed E-state index contributed by atoms with van der Waals surface area (Å²) in [5.74, 6) is 0.702. The fourth-order valence-corrected chi connectivity index (χ4v) is 4.20. The Bertz CT molecular complexity index is 854. The topological polar surface area (TPSA) is 50.8 Å². The molecule has 1 amide bonds. The van der Waals surface area contributed by atoms with E-state index in [1.54, 1.807) is 24.9 Å². The molecule has 154 valence electrons. The summed E-state index contributed by atoms with van der Waals surface area (Å²) in [6, 6.07) is 13.6. The smallest absolute Gasteiger partial charge is 0.244 e. The second kappa shape index (κ2) is 11.3. The van der Waals surface area contributed by atoms with Crippen molar-refractivity contribution in [1.29, 1.82) is 0 Å². The average molecular weight is 433 g/mol. The molecular formula is C22H25ClN2O3S. The highest BCUT2D eigenvalue weighted by Crippen LogP contribution is 2.36. The Balaban J connectivity index is 1.52. The Morgan fingerprint density at radius 2 is 2.07 bits per heavy atom. The number of hydrogen-bond acceptors (Lipinski definition) is 5. The number of rotatable bonds is 8. The van der Waals surface area contributed by atoms with Crippen LogP contribution in [0.2, 0.25) is 5.02 Å². The predicted octanol–water partition coefficient (Wildman–Crippen LogP) is 3.96. The van der Waals surface area contributed by atoms with Crippen molar-refractivity contribution in [1.82, 2.24) is 10.2 Å². The van der Waals surface area contributed by atoms with Gasteiger partial charge in [-0.15, -0.1) is 0 Å². The van der Waals surface area contributed by atoms with Crippen LogP contribution in [0.5, 0.6) is 5.75 Å². The Kier molecular flexibility index (Phi) is 8.43.